The molecular weight excluding hydrogens is 544 g/mol. The summed E-state index contributed by atoms with van der Waals surface area (Å²) in [6.45, 7) is 0.907. The number of cyclic esters (lactones) is 1. The average Bonchev–Trinajstić information content (AvgIpc) is 3.33. The Hall–Kier alpha value is -3.32. The molecule has 0 radical (unpaired) electrons. The Morgan fingerprint density at radius 1 is 0.814 bits per heavy atom. The number of esters is 1. The van der Waals surface area contributed by atoms with E-state index < -0.39 is 11.6 Å². The lowest BCUT2D eigenvalue weighted by molar-refractivity contribution is -0.156. The van der Waals surface area contributed by atoms with Gasteiger partial charge >= 0.3 is 11.9 Å². The lowest BCUT2D eigenvalue weighted by Crippen LogP contribution is -2.40. The molecule has 0 bridgehead atoms. The van der Waals surface area contributed by atoms with Gasteiger partial charge in [-0.3, -0.25) is 4.79 Å². The van der Waals surface area contributed by atoms with Crippen LogP contribution in [0.5, 0.6) is 11.5 Å². The summed E-state index contributed by atoms with van der Waals surface area (Å²) in [7, 11) is 1.63. The first-order valence-electron chi connectivity index (χ1n) is 16.0. The van der Waals surface area contributed by atoms with Crippen LogP contribution in [0.1, 0.15) is 102 Å². The van der Waals surface area contributed by atoms with Crippen LogP contribution in [-0.2, 0) is 25.7 Å². The van der Waals surface area contributed by atoms with E-state index in [1.54, 1.807) is 7.11 Å². The van der Waals surface area contributed by atoms with Crippen molar-refractivity contribution in [3.05, 3.63) is 71.8 Å². The summed E-state index contributed by atoms with van der Waals surface area (Å²) in [6.07, 6.45) is 17.6. The SMILES string of the molecule is COc1ccc(OCC2(COCc3ccccc3)C/C(=C/CCCCCCCCCCCCCCC(=O)O)C(=O)O2)cc1. The molecule has 7 nitrogen and oxygen atoms in total. The van der Waals surface area contributed by atoms with Crippen LogP contribution in [0, 0.1) is 0 Å². The van der Waals surface area contributed by atoms with Crippen LogP contribution in [0.15, 0.2) is 66.2 Å². The van der Waals surface area contributed by atoms with E-state index in [1.165, 1.54) is 44.9 Å². The number of allylic oxidation sites excluding steroid dienone is 1. The van der Waals surface area contributed by atoms with Gasteiger partial charge in [0, 0.05) is 18.4 Å². The maximum absolute atomic E-state index is 12.9. The summed E-state index contributed by atoms with van der Waals surface area (Å²) >= 11 is 0. The van der Waals surface area contributed by atoms with Crippen LogP contribution in [0.2, 0.25) is 0 Å². The van der Waals surface area contributed by atoms with Crippen molar-refractivity contribution < 1.29 is 33.6 Å². The highest BCUT2D eigenvalue weighted by atomic mass is 16.6. The molecule has 43 heavy (non-hydrogen) atoms. The molecule has 0 aromatic heterocycles. The number of carbonyl (C=O) groups is 2. The highest BCUT2D eigenvalue weighted by molar-refractivity contribution is 5.91. The molecule has 1 saturated heterocycles. The number of carbonyl (C=O) groups excluding carboxylic acids is 1. The molecular formula is C36H50O7. The number of rotatable bonds is 23. The minimum atomic E-state index is -0.865. The van der Waals surface area contributed by atoms with Gasteiger partial charge < -0.3 is 24.1 Å². The van der Waals surface area contributed by atoms with Crippen LogP contribution < -0.4 is 9.47 Å². The maximum Gasteiger partial charge on any atom is 0.334 e. The lowest BCUT2D eigenvalue weighted by atomic mass is 9.98. The van der Waals surface area contributed by atoms with E-state index in [1.807, 2.05) is 60.7 Å². The van der Waals surface area contributed by atoms with Gasteiger partial charge in [-0.15, -0.1) is 0 Å². The third-order valence-corrected chi connectivity index (χ3v) is 7.86. The lowest BCUT2D eigenvalue weighted by Gasteiger charge is -2.27. The number of benzene rings is 2. The van der Waals surface area contributed by atoms with Crippen molar-refractivity contribution in [1.29, 1.82) is 0 Å². The van der Waals surface area contributed by atoms with E-state index >= 15 is 0 Å². The maximum atomic E-state index is 12.9. The van der Waals surface area contributed by atoms with Crippen molar-refractivity contribution in [2.45, 2.75) is 109 Å². The number of unbranched alkanes of at least 4 members (excludes halogenated alkanes) is 12. The summed E-state index contributed by atoms with van der Waals surface area (Å²) in [5, 5.41) is 8.67. The Labute approximate surface area is 257 Å². The van der Waals surface area contributed by atoms with Gasteiger partial charge in [0.2, 0.25) is 0 Å². The Morgan fingerprint density at radius 2 is 1.40 bits per heavy atom. The van der Waals surface area contributed by atoms with Gasteiger partial charge in [0.05, 0.1) is 20.3 Å². The quantitative estimate of drug-likeness (QED) is 0.0784. The van der Waals surface area contributed by atoms with Crippen LogP contribution in [-0.4, -0.2) is 43.0 Å². The van der Waals surface area contributed by atoms with E-state index in [-0.39, 0.29) is 19.2 Å². The molecule has 1 atom stereocenters. The standard InChI is InChI=1S/C36H50O7/c1-40-32-22-24-33(25-23-32)42-29-36(28-41-27-30-18-14-13-15-19-30)26-31(35(39)43-36)20-16-11-9-7-5-3-2-4-6-8-10-12-17-21-34(37)38/h13-15,18-20,22-25H,2-12,16-17,21,26-29H2,1H3,(H,37,38)/b31-20-. The predicted octanol–water partition coefficient (Wildman–Crippen LogP) is 8.45. The van der Waals surface area contributed by atoms with Crippen molar-refractivity contribution in [2.75, 3.05) is 20.3 Å². The molecule has 0 spiro atoms. The summed E-state index contributed by atoms with van der Waals surface area (Å²) in [5.41, 5.74) is 0.916. The summed E-state index contributed by atoms with van der Waals surface area (Å²) in [4.78, 5) is 23.4. The van der Waals surface area contributed by atoms with Crippen molar-refractivity contribution >= 4 is 11.9 Å². The van der Waals surface area contributed by atoms with E-state index in [4.69, 9.17) is 24.1 Å². The van der Waals surface area contributed by atoms with Crippen molar-refractivity contribution in [3.63, 3.8) is 0 Å². The third-order valence-electron chi connectivity index (χ3n) is 7.86. The van der Waals surface area contributed by atoms with Crippen molar-refractivity contribution in [2.24, 2.45) is 0 Å². The topological polar surface area (TPSA) is 91.3 Å². The molecule has 0 saturated carbocycles. The zero-order valence-corrected chi connectivity index (χ0v) is 25.9. The number of hydrogen-bond acceptors (Lipinski definition) is 6. The van der Waals surface area contributed by atoms with Crippen LogP contribution >= 0.6 is 0 Å². The second kappa shape index (κ2) is 19.8. The van der Waals surface area contributed by atoms with Gasteiger partial charge in [0.15, 0.2) is 5.60 Å². The largest absolute Gasteiger partial charge is 0.497 e. The fraction of sp³-hybridized carbons (Fsp3) is 0.556. The number of carboxylic acids is 1. The highest BCUT2D eigenvalue weighted by Crippen LogP contribution is 2.33. The molecule has 1 N–H and O–H groups in total. The van der Waals surface area contributed by atoms with Gasteiger partial charge in [-0.05, 0) is 49.1 Å². The first kappa shape index (κ1) is 34.2. The van der Waals surface area contributed by atoms with E-state index in [0.717, 1.165) is 49.8 Å². The molecule has 7 heteroatoms. The van der Waals surface area contributed by atoms with Crippen molar-refractivity contribution in [1.82, 2.24) is 0 Å². The van der Waals surface area contributed by atoms with Crippen LogP contribution in [0.3, 0.4) is 0 Å². The average molecular weight is 595 g/mol. The zero-order chi connectivity index (χ0) is 30.6. The van der Waals surface area contributed by atoms with E-state index in [2.05, 4.69) is 0 Å². The van der Waals surface area contributed by atoms with Gasteiger partial charge in [-0.2, -0.15) is 0 Å². The summed E-state index contributed by atoms with van der Waals surface area (Å²) in [6, 6.07) is 17.3. The Balaban J connectivity index is 1.35. The van der Waals surface area contributed by atoms with E-state index in [0.29, 0.717) is 30.8 Å². The first-order chi connectivity index (χ1) is 21.0. The number of methoxy groups -OCH3 is 1. The minimum absolute atomic E-state index is 0.210. The highest BCUT2D eigenvalue weighted by Gasteiger charge is 2.45. The monoisotopic (exact) mass is 594 g/mol. The Kier molecular flexibility index (Phi) is 15.7. The minimum Gasteiger partial charge on any atom is -0.497 e. The molecule has 2 aromatic rings. The third kappa shape index (κ3) is 13.7. The normalized spacial score (nSPS) is 17.2. The summed E-state index contributed by atoms with van der Waals surface area (Å²) < 4.78 is 23.3. The number of hydrogen-bond donors (Lipinski definition) is 1. The molecule has 0 aliphatic carbocycles. The molecule has 1 aliphatic rings. The van der Waals surface area contributed by atoms with Gasteiger partial charge in [-0.1, -0.05) is 101 Å². The van der Waals surface area contributed by atoms with Gasteiger partial charge in [0.1, 0.15) is 18.1 Å². The Bertz CT molecular complexity index is 1100. The Morgan fingerprint density at radius 3 is 2.00 bits per heavy atom. The molecule has 0 amide bonds. The molecule has 1 heterocycles. The second-order valence-corrected chi connectivity index (χ2v) is 11.6. The first-order valence-corrected chi connectivity index (χ1v) is 16.0. The number of aliphatic carboxylic acids is 1. The number of carboxylic acid groups (broad SMARTS) is 1. The fourth-order valence-electron chi connectivity index (χ4n) is 5.36. The molecule has 1 fully saturated rings. The fourth-order valence-corrected chi connectivity index (χ4v) is 5.36. The molecule has 1 unspecified atom stereocenters. The molecule has 1 aliphatic heterocycles. The van der Waals surface area contributed by atoms with Crippen LogP contribution in [0.4, 0.5) is 0 Å². The van der Waals surface area contributed by atoms with Gasteiger partial charge in [0.25, 0.3) is 0 Å². The second-order valence-electron chi connectivity index (χ2n) is 11.6. The van der Waals surface area contributed by atoms with E-state index in [9.17, 15) is 9.59 Å². The number of ether oxygens (including phenoxy) is 4. The molecule has 2 aromatic carbocycles. The summed E-state index contributed by atoms with van der Waals surface area (Å²) in [5.74, 6) is 0.476. The van der Waals surface area contributed by atoms with Gasteiger partial charge in [-0.25, -0.2) is 4.79 Å². The molecule has 3 rings (SSSR count). The molecule has 236 valence electrons. The van der Waals surface area contributed by atoms with Crippen molar-refractivity contribution in [3.8, 4) is 11.5 Å². The predicted molar refractivity (Wildman–Crippen MR) is 168 cm³/mol. The zero-order valence-electron chi connectivity index (χ0n) is 25.9. The smallest absolute Gasteiger partial charge is 0.334 e. The van der Waals surface area contributed by atoms with Crippen LogP contribution in [0.25, 0.3) is 0 Å².